The molecule has 0 amide bonds. The lowest BCUT2D eigenvalue weighted by molar-refractivity contribution is -0.142. The van der Waals surface area contributed by atoms with E-state index >= 15 is 0 Å². The summed E-state index contributed by atoms with van der Waals surface area (Å²) in [6, 6.07) is 7.79. The van der Waals surface area contributed by atoms with Gasteiger partial charge in [0.1, 0.15) is 5.54 Å². The van der Waals surface area contributed by atoms with Crippen molar-refractivity contribution >= 4 is 27.6 Å². The van der Waals surface area contributed by atoms with Crippen LogP contribution in [0.15, 0.2) is 28.7 Å². The zero-order chi connectivity index (χ0) is 11.8. The SMILES string of the molecule is NC1(C(=O)O)CCN(c2cccc(Br)c2)C1. The molecule has 1 heterocycles. The molecule has 5 heteroatoms. The molecule has 1 aliphatic heterocycles. The van der Waals surface area contributed by atoms with Gasteiger partial charge in [0, 0.05) is 23.2 Å². The number of hydrogen-bond acceptors (Lipinski definition) is 3. The Morgan fingerprint density at radius 2 is 2.31 bits per heavy atom. The van der Waals surface area contributed by atoms with E-state index in [2.05, 4.69) is 15.9 Å². The molecule has 1 saturated heterocycles. The third-order valence-electron chi connectivity index (χ3n) is 2.90. The first-order chi connectivity index (χ1) is 7.51. The highest BCUT2D eigenvalue weighted by atomic mass is 79.9. The maximum absolute atomic E-state index is 11.0. The third kappa shape index (κ3) is 2.05. The average molecular weight is 285 g/mol. The number of hydrogen-bond donors (Lipinski definition) is 2. The lowest BCUT2D eigenvalue weighted by Crippen LogP contribution is -2.50. The minimum absolute atomic E-state index is 0.360. The van der Waals surface area contributed by atoms with E-state index in [0.717, 1.165) is 10.2 Å². The van der Waals surface area contributed by atoms with Gasteiger partial charge >= 0.3 is 5.97 Å². The lowest BCUT2D eigenvalue weighted by Gasteiger charge is -2.21. The number of nitrogens with two attached hydrogens (primary N) is 1. The number of carbonyl (C=O) groups is 1. The number of carboxylic acids is 1. The number of carboxylic acid groups (broad SMARTS) is 1. The van der Waals surface area contributed by atoms with Gasteiger partial charge in [-0.1, -0.05) is 22.0 Å². The summed E-state index contributed by atoms with van der Waals surface area (Å²) in [7, 11) is 0. The fourth-order valence-electron chi connectivity index (χ4n) is 1.90. The quantitative estimate of drug-likeness (QED) is 0.863. The molecule has 0 radical (unpaired) electrons. The van der Waals surface area contributed by atoms with E-state index in [1.165, 1.54) is 0 Å². The number of halogens is 1. The highest BCUT2D eigenvalue weighted by Crippen LogP contribution is 2.27. The molecule has 0 aliphatic carbocycles. The van der Waals surface area contributed by atoms with Crippen molar-refractivity contribution < 1.29 is 9.90 Å². The number of nitrogens with zero attached hydrogens (tertiary/aromatic N) is 1. The van der Waals surface area contributed by atoms with E-state index in [9.17, 15) is 4.79 Å². The zero-order valence-corrected chi connectivity index (χ0v) is 10.3. The predicted octanol–water partition coefficient (Wildman–Crippen LogP) is 1.44. The molecule has 0 bridgehead atoms. The second-order valence-electron chi connectivity index (χ2n) is 4.11. The summed E-state index contributed by atoms with van der Waals surface area (Å²) >= 11 is 3.39. The smallest absolute Gasteiger partial charge is 0.325 e. The summed E-state index contributed by atoms with van der Waals surface area (Å²) in [6.07, 6.45) is 0.481. The minimum Gasteiger partial charge on any atom is -0.480 e. The largest absolute Gasteiger partial charge is 0.480 e. The van der Waals surface area contributed by atoms with Crippen molar-refractivity contribution in [3.8, 4) is 0 Å². The summed E-state index contributed by atoms with van der Waals surface area (Å²) < 4.78 is 0.981. The fourth-order valence-corrected chi connectivity index (χ4v) is 2.29. The molecule has 4 nitrogen and oxygen atoms in total. The molecule has 2 rings (SSSR count). The van der Waals surface area contributed by atoms with Gasteiger partial charge in [0.15, 0.2) is 0 Å². The minimum atomic E-state index is -1.11. The van der Waals surface area contributed by atoms with E-state index in [1.807, 2.05) is 29.2 Å². The first-order valence-corrected chi connectivity index (χ1v) is 5.83. The maximum atomic E-state index is 11.0. The van der Waals surface area contributed by atoms with Gasteiger partial charge in [-0.15, -0.1) is 0 Å². The summed E-state index contributed by atoms with van der Waals surface area (Å²) in [6.45, 7) is 1.04. The molecule has 0 saturated carbocycles. The predicted molar refractivity (Wildman–Crippen MR) is 65.5 cm³/mol. The first-order valence-electron chi connectivity index (χ1n) is 5.04. The van der Waals surface area contributed by atoms with Gasteiger partial charge in [0.25, 0.3) is 0 Å². The van der Waals surface area contributed by atoms with Crippen LogP contribution in [0.5, 0.6) is 0 Å². The van der Waals surface area contributed by atoms with Crippen LogP contribution in [0.4, 0.5) is 5.69 Å². The third-order valence-corrected chi connectivity index (χ3v) is 3.39. The van der Waals surface area contributed by atoms with Gasteiger partial charge in [-0.05, 0) is 24.6 Å². The molecule has 0 spiro atoms. The van der Waals surface area contributed by atoms with Crippen molar-refractivity contribution in [2.24, 2.45) is 5.73 Å². The number of aliphatic carboxylic acids is 1. The van der Waals surface area contributed by atoms with Crippen LogP contribution < -0.4 is 10.6 Å². The van der Waals surface area contributed by atoms with Crippen LogP contribution in [0.25, 0.3) is 0 Å². The second-order valence-corrected chi connectivity index (χ2v) is 5.03. The molecule has 0 aromatic heterocycles. The van der Waals surface area contributed by atoms with Gasteiger partial charge in [0.2, 0.25) is 0 Å². The molecule has 1 aromatic carbocycles. The van der Waals surface area contributed by atoms with Gasteiger partial charge < -0.3 is 15.7 Å². The fraction of sp³-hybridized carbons (Fsp3) is 0.364. The molecule has 16 heavy (non-hydrogen) atoms. The maximum Gasteiger partial charge on any atom is 0.325 e. The van der Waals surface area contributed by atoms with Crippen LogP contribution in [-0.2, 0) is 4.79 Å². The molecule has 1 fully saturated rings. The van der Waals surface area contributed by atoms with Crippen LogP contribution >= 0.6 is 15.9 Å². The van der Waals surface area contributed by atoms with Gasteiger partial charge in [-0.3, -0.25) is 4.79 Å². The van der Waals surface area contributed by atoms with Crippen molar-refractivity contribution in [3.05, 3.63) is 28.7 Å². The van der Waals surface area contributed by atoms with Gasteiger partial charge in [-0.25, -0.2) is 0 Å². The molecular weight excluding hydrogens is 272 g/mol. The Kier molecular flexibility index (Phi) is 2.90. The highest BCUT2D eigenvalue weighted by molar-refractivity contribution is 9.10. The Bertz CT molecular complexity index is 424. The van der Waals surface area contributed by atoms with Crippen molar-refractivity contribution in [3.63, 3.8) is 0 Å². The number of anilines is 1. The molecular formula is C11H13BrN2O2. The normalized spacial score (nSPS) is 24.8. The van der Waals surface area contributed by atoms with E-state index in [0.29, 0.717) is 19.5 Å². The number of rotatable bonds is 2. The van der Waals surface area contributed by atoms with E-state index < -0.39 is 11.5 Å². The Morgan fingerprint density at radius 3 is 2.88 bits per heavy atom. The van der Waals surface area contributed by atoms with Crippen LogP contribution in [0, 0.1) is 0 Å². The molecule has 1 atom stereocenters. The molecule has 1 aromatic rings. The summed E-state index contributed by atoms with van der Waals surface area (Å²) in [4.78, 5) is 13.0. The van der Waals surface area contributed by atoms with E-state index in [1.54, 1.807) is 0 Å². The lowest BCUT2D eigenvalue weighted by atomic mass is 10.0. The van der Waals surface area contributed by atoms with E-state index in [-0.39, 0.29) is 0 Å². The summed E-state index contributed by atoms with van der Waals surface area (Å²) in [5.41, 5.74) is 5.71. The number of benzene rings is 1. The second kappa shape index (κ2) is 4.07. The van der Waals surface area contributed by atoms with Crippen molar-refractivity contribution in [1.82, 2.24) is 0 Å². The molecule has 1 aliphatic rings. The Morgan fingerprint density at radius 1 is 1.56 bits per heavy atom. The molecule has 86 valence electrons. The van der Waals surface area contributed by atoms with Gasteiger partial charge in [0.05, 0.1) is 0 Å². The Balaban J connectivity index is 2.18. The van der Waals surface area contributed by atoms with E-state index in [4.69, 9.17) is 10.8 Å². The van der Waals surface area contributed by atoms with Crippen molar-refractivity contribution in [1.29, 1.82) is 0 Å². The van der Waals surface area contributed by atoms with Crippen LogP contribution in [0.2, 0.25) is 0 Å². The van der Waals surface area contributed by atoms with Crippen molar-refractivity contribution in [2.45, 2.75) is 12.0 Å². The van der Waals surface area contributed by atoms with Crippen LogP contribution in [0.1, 0.15) is 6.42 Å². The van der Waals surface area contributed by atoms with Gasteiger partial charge in [-0.2, -0.15) is 0 Å². The van der Waals surface area contributed by atoms with Crippen molar-refractivity contribution in [2.75, 3.05) is 18.0 Å². The molecule has 1 unspecified atom stereocenters. The van der Waals surface area contributed by atoms with Crippen LogP contribution in [-0.4, -0.2) is 29.7 Å². The first kappa shape index (κ1) is 11.4. The van der Waals surface area contributed by atoms with Crippen LogP contribution in [0.3, 0.4) is 0 Å². The highest BCUT2D eigenvalue weighted by Gasteiger charge is 2.41. The Labute approximate surface area is 102 Å². The Hall–Kier alpha value is -1.07. The molecule has 3 N–H and O–H groups in total. The standard InChI is InChI=1S/C11H13BrN2O2/c12-8-2-1-3-9(6-8)14-5-4-11(13,7-14)10(15)16/h1-3,6H,4-5,7,13H2,(H,15,16). The topological polar surface area (TPSA) is 66.6 Å². The zero-order valence-electron chi connectivity index (χ0n) is 8.69. The average Bonchev–Trinajstić information content (AvgIpc) is 2.62. The summed E-state index contributed by atoms with van der Waals surface area (Å²) in [5.74, 6) is -0.926. The monoisotopic (exact) mass is 284 g/mol. The summed E-state index contributed by atoms with van der Waals surface area (Å²) in [5, 5.41) is 9.03.